The molecular formula is C65H110O6. The predicted octanol–water partition coefficient (Wildman–Crippen LogP) is 20.1. The molecule has 0 bridgehead atoms. The maximum Gasteiger partial charge on any atom is 0.306 e. The van der Waals surface area contributed by atoms with Crippen LogP contribution in [0.1, 0.15) is 278 Å². The van der Waals surface area contributed by atoms with E-state index in [4.69, 9.17) is 14.2 Å². The van der Waals surface area contributed by atoms with Gasteiger partial charge in [0.2, 0.25) is 0 Å². The highest BCUT2D eigenvalue weighted by Gasteiger charge is 2.19. The molecule has 0 aliphatic carbocycles. The topological polar surface area (TPSA) is 78.9 Å². The van der Waals surface area contributed by atoms with Gasteiger partial charge in [-0.1, -0.05) is 259 Å². The molecule has 0 N–H and O–H groups in total. The van der Waals surface area contributed by atoms with Gasteiger partial charge in [-0.3, -0.25) is 14.4 Å². The summed E-state index contributed by atoms with van der Waals surface area (Å²) in [6.07, 6.45) is 78.3. The Morgan fingerprint density at radius 3 is 0.930 bits per heavy atom. The van der Waals surface area contributed by atoms with Gasteiger partial charge in [0, 0.05) is 19.3 Å². The lowest BCUT2D eigenvalue weighted by atomic mass is 10.0. The van der Waals surface area contributed by atoms with Crippen LogP contribution in [0, 0.1) is 0 Å². The van der Waals surface area contributed by atoms with E-state index in [0.29, 0.717) is 19.3 Å². The minimum atomic E-state index is -0.803. The van der Waals surface area contributed by atoms with E-state index in [0.717, 1.165) is 89.9 Å². The number of hydrogen-bond donors (Lipinski definition) is 0. The van der Waals surface area contributed by atoms with Crippen LogP contribution >= 0.6 is 0 Å². The van der Waals surface area contributed by atoms with Crippen molar-refractivity contribution >= 4 is 17.9 Å². The van der Waals surface area contributed by atoms with Gasteiger partial charge in [0.1, 0.15) is 13.2 Å². The second kappa shape index (κ2) is 58.9. The first-order valence-corrected chi connectivity index (χ1v) is 29.7. The first kappa shape index (κ1) is 67.3. The minimum absolute atomic E-state index is 0.0955. The summed E-state index contributed by atoms with van der Waals surface area (Å²) in [5.74, 6) is -0.957. The van der Waals surface area contributed by atoms with Gasteiger partial charge in [-0.25, -0.2) is 0 Å². The van der Waals surface area contributed by atoms with Crippen molar-refractivity contribution in [1.29, 1.82) is 0 Å². The Balaban J connectivity index is 4.45. The van der Waals surface area contributed by atoms with E-state index in [2.05, 4.69) is 118 Å². The van der Waals surface area contributed by atoms with Gasteiger partial charge in [0.05, 0.1) is 0 Å². The highest BCUT2D eigenvalue weighted by molar-refractivity contribution is 5.71. The average molecular weight is 988 g/mol. The van der Waals surface area contributed by atoms with Crippen molar-refractivity contribution in [2.24, 2.45) is 0 Å². The van der Waals surface area contributed by atoms with Gasteiger partial charge < -0.3 is 14.2 Å². The van der Waals surface area contributed by atoms with E-state index in [9.17, 15) is 14.4 Å². The highest BCUT2D eigenvalue weighted by Crippen LogP contribution is 2.15. The molecule has 6 heteroatoms. The van der Waals surface area contributed by atoms with Gasteiger partial charge in [-0.2, -0.15) is 0 Å². The van der Waals surface area contributed by atoms with E-state index < -0.39 is 6.10 Å². The minimum Gasteiger partial charge on any atom is -0.462 e. The number of ether oxygens (including phenoxy) is 3. The zero-order valence-corrected chi connectivity index (χ0v) is 46.5. The third-order valence-corrected chi connectivity index (χ3v) is 12.6. The monoisotopic (exact) mass is 987 g/mol. The van der Waals surface area contributed by atoms with Crippen LogP contribution in [0.5, 0.6) is 0 Å². The zero-order chi connectivity index (χ0) is 51.4. The first-order valence-electron chi connectivity index (χ1n) is 29.7. The van der Waals surface area contributed by atoms with Crippen LogP contribution in [-0.2, 0) is 28.6 Å². The maximum absolute atomic E-state index is 12.9. The Bertz CT molecular complexity index is 1410. The number of unbranched alkanes of at least 4 members (excludes halogenated alkanes) is 26. The summed E-state index contributed by atoms with van der Waals surface area (Å²) >= 11 is 0. The van der Waals surface area contributed by atoms with Crippen molar-refractivity contribution in [3.63, 3.8) is 0 Å². The van der Waals surface area contributed by atoms with Gasteiger partial charge in [-0.15, -0.1) is 0 Å². The molecule has 0 aliphatic heterocycles. The van der Waals surface area contributed by atoms with Crippen LogP contribution in [0.15, 0.2) is 97.2 Å². The molecule has 1 atom stereocenters. The third kappa shape index (κ3) is 57.1. The lowest BCUT2D eigenvalue weighted by molar-refractivity contribution is -0.167. The normalized spacial score (nSPS) is 12.8. The van der Waals surface area contributed by atoms with E-state index in [1.165, 1.54) is 141 Å². The zero-order valence-electron chi connectivity index (χ0n) is 46.5. The Hall–Kier alpha value is -3.67. The molecule has 0 amide bonds. The number of rotatable bonds is 53. The smallest absolute Gasteiger partial charge is 0.306 e. The summed E-state index contributed by atoms with van der Waals surface area (Å²) in [7, 11) is 0. The van der Waals surface area contributed by atoms with Crippen LogP contribution in [0.2, 0.25) is 0 Å². The van der Waals surface area contributed by atoms with E-state index in [1.54, 1.807) is 0 Å². The Kier molecular flexibility index (Phi) is 55.9. The van der Waals surface area contributed by atoms with Gasteiger partial charge >= 0.3 is 17.9 Å². The molecule has 71 heavy (non-hydrogen) atoms. The molecule has 0 saturated heterocycles. The van der Waals surface area contributed by atoms with E-state index >= 15 is 0 Å². The second-order valence-corrected chi connectivity index (χ2v) is 19.5. The third-order valence-electron chi connectivity index (χ3n) is 12.6. The molecular weight excluding hydrogens is 877 g/mol. The van der Waals surface area contributed by atoms with Crippen molar-refractivity contribution in [3.05, 3.63) is 97.2 Å². The standard InChI is InChI=1S/C65H110O6/c1-4-7-10-13-16-19-22-25-27-29-31-32-33-34-35-37-38-40-43-46-49-52-55-58-64(67)70-61-62(60-69-63(66)57-54-51-48-45-42-24-21-18-15-12-9-6-3)71-65(68)59-56-53-50-47-44-41-39-36-30-28-26-23-20-17-14-11-8-5-2/h7,10,16,19,25,27-28,30-32,34-35,38,40,46,49,62H,4-6,8-9,11-15,17-18,20-24,26,29,33,36-37,39,41-45,47-48,50-61H2,1-3H3/b10-7-,19-16-,27-25-,30-28-,32-31-,35-34-,40-38-,49-46-. The molecule has 0 heterocycles. The largest absolute Gasteiger partial charge is 0.462 e. The Morgan fingerprint density at radius 1 is 0.296 bits per heavy atom. The van der Waals surface area contributed by atoms with Gasteiger partial charge in [-0.05, 0) is 96.3 Å². The molecule has 0 fully saturated rings. The van der Waals surface area contributed by atoms with Crippen molar-refractivity contribution in [2.75, 3.05) is 13.2 Å². The van der Waals surface area contributed by atoms with E-state index in [1.807, 2.05) is 0 Å². The SMILES string of the molecule is CC/C=C\C/C=C\C/C=C\C/C=C\C/C=C\C/C=C\C/C=C\CCCC(=O)OCC(COC(=O)CCCCCCCCCCCCCC)OC(=O)CCCCCCCCC/C=C\CCCCCCCCC. The highest BCUT2D eigenvalue weighted by atomic mass is 16.6. The fourth-order valence-corrected chi connectivity index (χ4v) is 8.13. The molecule has 0 radical (unpaired) electrons. The summed E-state index contributed by atoms with van der Waals surface area (Å²) in [6.45, 7) is 6.48. The number of carbonyl (C=O) groups is 3. The lowest BCUT2D eigenvalue weighted by Crippen LogP contribution is -2.30. The van der Waals surface area contributed by atoms with Crippen molar-refractivity contribution in [2.45, 2.75) is 284 Å². The summed E-state index contributed by atoms with van der Waals surface area (Å²) in [5.41, 5.74) is 0. The van der Waals surface area contributed by atoms with E-state index in [-0.39, 0.29) is 37.5 Å². The molecule has 0 spiro atoms. The van der Waals surface area contributed by atoms with Crippen molar-refractivity contribution in [1.82, 2.24) is 0 Å². The quantitative estimate of drug-likeness (QED) is 0.0261. The molecule has 0 aromatic rings. The molecule has 0 aromatic carbocycles. The van der Waals surface area contributed by atoms with Gasteiger partial charge in [0.25, 0.3) is 0 Å². The van der Waals surface area contributed by atoms with Crippen LogP contribution in [0.25, 0.3) is 0 Å². The Morgan fingerprint density at radius 2 is 0.563 bits per heavy atom. The fraction of sp³-hybridized carbons (Fsp3) is 0.708. The molecule has 406 valence electrons. The maximum atomic E-state index is 12.9. The number of esters is 3. The predicted molar refractivity (Wildman–Crippen MR) is 307 cm³/mol. The number of allylic oxidation sites excluding steroid dienone is 16. The first-order chi connectivity index (χ1) is 35.0. The second-order valence-electron chi connectivity index (χ2n) is 19.5. The molecule has 0 saturated carbocycles. The van der Waals surface area contributed by atoms with Gasteiger partial charge in [0.15, 0.2) is 6.10 Å². The summed E-state index contributed by atoms with van der Waals surface area (Å²) in [6, 6.07) is 0. The molecule has 6 nitrogen and oxygen atoms in total. The lowest BCUT2D eigenvalue weighted by Gasteiger charge is -2.18. The number of carbonyl (C=O) groups excluding carboxylic acids is 3. The summed E-state index contributed by atoms with van der Waals surface area (Å²) in [4.78, 5) is 38.2. The summed E-state index contributed by atoms with van der Waals surface area (Å²) in [5, 5.41) is 0. The van der Waals surface area contributed by atoms with Crippen LogP contribution < -0.4 is 0 Å². The van der Waals surface area contributed by atoms with Crippen molar-refractivity contribution < 1.29 is 28.6 Å². The Labute approximate surface area is 438 Å². The fourth-order valence-electron chi connectivity index (χ4n) is 8.13. The number of hydrogen-bond acceptors (Lipinski definition) is 6. The molecule has 0 aliphatic rings. The molecule has 1 unspecified atom stereocenters. The van der Waals surface area contributed by atoms with Crippen molar-refractivity contribution in [3.8, 4) is 0 Å². The molecule has 0 rings (SSSR count). The van der Waals surface area contributed by atoms with Crippen LogP contribution in [0.4, 0.5) is 0 Å². The molecule has 0 aromatic heterocycles. The summed E-state index contributed by atoms with van der Waals surface area (Å²) < 4.78 is 16.8. The van der Waals surface area contributed by atoms with Crippen LogP contribution in [-0.4, -0.2) is 37.2 Å². The van der Waals surface area contributed by atoms with Crippen LogP contribution in [0.3, 0.4) is 0 Å². The average Bonchev–Trinajstić information content (AvgIpc) is 3.37.